The van der Waals surface area contributed by atoms with Gasteiger partial charge in [-0.15, -0.1) is 0 Å². The summed E-state index contributed by atoms with van der Waals surface area (Å²) in [6.07, 6.45) is -0.137. The molecule has 142 valence electrons. The van der Waals surface area contributed by atoms with Gasteiger partial charge in [-0.25, -0.2) is 0 Å². The number of rotatable bonds is 8. The Morgan fingerprint density at radius 1 is 1.11 bits per heavy atom. The highest BCUT2D eigenvalue weighted by Gasteiger charge is 2.16. The summed E-state index contributed by atoms with van der Waals surface area (Å²) in [5, 5.41) is 13.9. The molecule has 1 atom stereocenters. The Hall–Kier alpha value is -3.35. The van der Waals surface area contributed by atoms with Crippen LogP contribution in [0.15, 0.2) is 48.5 Å². The van der Waals surface area contributed by atoms with Gasteiger partial charge >= 0.3 is 5.97 Å². The topological polar surface area (TPSA) is 105 Å². The van der Waals surface area contributed by atoms with Gasteiger partial charge in [0.1, 0.15) is 5.75 Å². The molecule has 1 unspecified atom stereocenters. The van der Waals surface area contributed by atoms with Crippen LogP contribution in [0.3, 0.4) is 0 Å². The van der Waals surface area contributed by atoms with Crippen LogP contribution < -0.4 is 15.4 Å². The Morgan fingerprint density at radius 2 is 1.81 bits per heavy atom. The minimum Gasteiger partial charge on any atom is -0.497 e. The quantitative estimate of drug-likeness (QED) is 0.663. The maximum atomic E-state index is 12.4. The highest BCUT2D eigenvalue weighted by atomic mass is 16.5. The summed E-state index contributed by atoms with van der Waals surface area (Å²) in [5.74, 6) is -1.20. The maximum Gasteiger partial charge on any atom is 0.305 e. The second kappa shape index (κ2) is 9.38. The standard InChI is InChI=1S/C20H22N2O5/c1-13(15-4-3-5-17(12-15)27-2)19(25)22-16-8-6-14(7-9-16)20(26)21-11-10-18(23)24/h3-9,12-13H,10-11H2,1-2H3,(H,21,26)(H,22,25)(H,23,24). The number of nitrogens with one attached hydrogen (secondary N) is 2. The molecule has 2 aromatic rings. The first-order chi connectivity index (χ1) is 12.9. The fraction of sp³-hybridized carbons (Fsp3) is 0.250. The van der Waals surface area contributed by atoms with Crippen LogP contribution in [-0.4, -0.2) is 36.5 Å². The zero-order valence-electron chi connectivity index (χ0n) is 15.2. The lowest BCUT2D eigenvalue weighted by Crippen LogP contribution is -2.26. The second-order valence-corrected chi connectivity index (χ2v) is 5.96. The van der Waals surface area contributed by atoms with E-state index in [0.717, 1.165) is 5.56 Å². The fourth-order valence-corrected chi connectivity index (χ4v) is 2.40. The van der Waals surface area contributed by atoms with Crippen LogP contribution >= 0.6 is 0 Å². The third-order valence-corrected chi connectivity index (χ3v) is 4.03. The Bertz CT molecular complexity index is 817. The van der Waals surface area contributed by atoms with E-state index < -0.39 is 5.97 Å². The fourth-order valence-electron chi connectivity index (χ4n) is 2.40. The molecular formula is C20H22N2O5. The molecule has 0 heterocycles. The molecule has 0 bridgehead atoms. The normalized spacial score (nSPS) is 11.3. The van der Waals surface area contributed by atoms with Crippen LogP contribution in [0.5, 0.6) is 5.75 Å². The van der Waals surface area contributed by atoms with Crippen molar-refractivity contribution in [2.24, 2.45) is 0 Å². The van der Waals surface area contributed by atoms with Crippen molar-refractivity contribution in [3.8, 4) is 5.75 Å². The van der Waals surface area contributed by atoms with Crippen molar-refractivity contribution in [1.29, 1.82) is 0 Å². The Balaban J connectivity index is 1.95. The van der Waals surface area contributed by atoms with Crippen LogP contribution in [-0.2, 0) is 9.59 Å². The largest absolute Gasteiger partial charge is 0.497 e. The molecule has 0 saturated heterocycles. The van der Waals surface area contributed by atoms with Gasteiger partial charge in [-0.3, -0.25) is 14.4 Å². The number of benzene rings is 2. The first-order valence-corrected chi connectivity index (χ1v) is 8.45. The van der Waals surface area contributed by atoms with E-state index >= 15 is 0 Å². The van der Waals surface area contributed by atoms with Crippen LogP contribution in [0.4, 0.5) is 5.69 Å². The summed E-state index contributed by atoms with van der Waals surface area (Å²) in [5.41, 5.74) is 1.79. The molecule has 0 aromatic heterocycles. The molecule has 2 amide bonds. The van der Waals surface area contributed by atoms with Crippen molar-refractivity contribution in [2.45, 2.75) is 19.3 Å². The van der Waals surface area contributed by atoms with Gasteiger partial charge in [0.2, 0.25) is 5.91 Å². The van der Waals surface area contributed by atoms with Gasteiger partial charge in [0.05, 0.1) is 19.4 Å². The summed E-state index contributed by atoms with van der Waals surface area (Å²) >= 11 is 0. The van der Waals surface area contributed by atoms with Crippen LogP contribution in [0, 0.1) is 0 Å². The van der Waals surface area contributed by atoms with Gasteiger partial charge in [-0.1, -0.05) is 12.1 Å². The van der Waals surface area contributed by atoms with Gasteiger partial charge in [-0.2, -0.15) is 0 Å². The van der Waals surface area contributed by atoms with Gasteiger partial charge in [0, 0.05) is 17.8 Å². The number of carboxylic acid groups (broad SMARTS) is 1. The summed E-state index contributed by atoms with van der Waals surface area (Å²) < 4.78 is 5.18. The molecular weight excluding hydrogens is 348 g/mol. The Morgan fingerprint density at radius 3 is 2.44 bits per heavy atom. The van der Waals surface area contributed by atoms with Crippen molar-refractivity contribution in [1.82, 2.24) is 5.32 Å². The molecule has 7 heteroatoms. The van der Waals surface area contributed by atoms with E-state index in [1.165, 1.54) is 0 Å². The molecule has 3 N–H and O–H groups in total. The lowest BCUT2D eigenvalue weighted by molar-refractivity contribution is -0.136. The average Bonchev–Trinajstić information content (AvgIpc) is 2.67. The van der Waals surface area contributed by atoms with Gasteiger partial charge in [0.15, 0.2) is 0 Å². The van der Waals surface area contributed by atoms with E-state index in [9.17, 15) is 14.4 Å². The van der Waals surface area contributed by atoms with Crippen molar-refractivity contribution < 1.29 is 24.2 Å². The Labute approximate surface area is 157 Å². The molecule has 0 aliphatic rings. The lowest BCUT2D eigenvalue weighted by Gasteiger charge is -2.14. The zero-order valence-corrected chi connectivity index (χ0v) is 15.2. The molecule has 2 aromatic carbocycles. The van der Waals surface area contributed by atoms with Crippen LogP contribution in [0.2, 0.25) is 0 Å². The van der Waals surface area contributed by atoms with Gasteiger partial charge < -0.3 is 20.5 Å². The number of anilines is 1. The number of amides is 2. The predicted octanol–water partition coefficient (Wildman–Crippen LogP) is 2.64. The first-order valence-electron chi connectivity index (χ1n) is 8.45. The van der Waals surface area contributed by atoms with E-state index in [1.54, 1.807) is 38.3 Å². The van der Waals surface area contributed by atoms with Crippen molar-refractivity contribution in [2.75, 3.05) is 19.0 Å². The zero-order chi connectivity index (χ0) is 19.8. The smallest absolute Gasteiger partial charge is 0.305 e. The van der Waals surface area contributed by atoms with Crippen LogP contribution in [0.25, 0.3) is 0 Å². The van der Waals surface area contributed by atoms with Gasteiger partial charge in [-0.05, 0) is 48.9 Å². The molecule has 27 heavy (non-hydrogen) atoms. The number of hydrogen-bond acceptors (Lipinski definition) is 4. The molecule has 0 saturated carbocycles. The third-order valence-electron chi connectivity index (χ3n) is 4.03. The SMILES string of the molecule is COc1cccc(C(C)C(=O)Nc2ccc(C(=O)NCCC(=O)O)cc2)c1. The second-order valence-electron chi connectivity index (χ2n) is 5.96. The summed E-state index contributed by atoms with van der Waals surface area (Å²) in [7, 11) is 1.57. The number of methoxy groups -OCH3 is 1. The van der Waals surface area contributed by atoms with E-state index in [0.29, 0.717) is 17.0 Å². The van der Waals surface area contributed by atoms with Crippen molar-refractivity contribution in [3.05, 3.63) is 59.7 Å². The Kier molecular flexibility index (Phi) is 6.93. The summed E-state index contributed by atoms with van der Waals surface area (Å²) in [6, 6.07) is 13.7. The molecule has 0 aliphatic carbocycles. The molecule has 2 rings (SSSR count). The lowest BCUT2D eigenvalue weighted by atomic mass is 10.00. The van der Waals surface area contributed by atoms with Crippen LogP contribution in [0.1, 0.15) is 35.2 Å². The molecule has 0 spiro atoms. The molecule has 0 aliphatic heterocycles. The van der Waals surface area contributed by atoms with Crippen molar-refractivity contribution >= 4 is 23.5 Å². The van der Waals surface area contributed by atoms with Gasteiger partial charge in [0.25, 0.3) is 5.91 Å². The number of aliphatic carboxylic acids is 1. The average molecular weight is 370 g/mol. The number of hydrogen-bond donors (Lipinski definition) is 3. The first kappa shape index (κ1) is 20.0. The van der Waals surface area contributed by atoms with E-state index in [-0.39, 0.29) is 30.7 Å². The number of ether oxygens (including phenoxy) is 1. The molecule has 0 fully saturated rings. The summed E-state index contributed by atoms with van der Waals surface area (Å²) in [6.45, 7) is 1.86. The van der Waals surface area contributed by atoms with E-state index in [4.69, 9.17) is 9.84 Å². The highest BCUT2D eigenvalue weighted by molar-refractivity contribution is 5.97. The number of carboxylic acids is 1. The van der Waals surface area contributed by atoms with E-state index in [2.05, 4.69) is 10.6 Å². The third kappa shape index (κ3) is 5.85. The van der Waals surface area contributed by atoms with E-state index in [1.807, 2.05) is 24.3 Å². The number of carbonyl (C=O) groups is 3. The maximum absolute atomic E-state index is 12.4. The molecule has 0 radical (unpaired) electrons. The summed E-state index contributed by atoms with van der Waals surface area (Å²) in [4.78, 5) is 34.8. The minimum atomic E-state index is -0.974. The number of carbonyl (C=O) groups excluding carboxylic acids is 2. The minimum absolute atomic E-state index is 0.0602. The monoisotopic (exact) mass is 370 g/mol. The molecule has 7 nitrogen and oxygen atoms in total. The highest BCUT2D eigenvalue weighted by Crippen LogP contribution is 2.22. The predicted molar refractivity (Wildman–Crippen MR) is 101 cm³/mol. The van der Waals surface area contributed by atoms with Crippen molar-refractivity contribution in [3.63, 3.8) is 0 Å².